The number of amides is 2. The first-order valence-electron chi connectivity index (χ1n) is 9.71. The van der Waals surface area contributed by atoms with Crippen molar-refractivity contribution in [2.45, 2.75) is 30.7 Å². The molecular formula is C21H26FN3O3S. The Labute approximate surface area is 171 Å². The lowest BCUT2D eigenvalue weighted by atomic mass is 10.1. The molecule has 29 heavy (non-hydrogen) atoms. The van der Waals surface area contributed by atoms with E-state index in [1.54, 1.807) is 4.90 Å². The summed E-state index contributed by atoms with van der Waals surface area (Å²) in [6.45, 7) is 3.03. The van der Waals surface area contributed by atoms with E-state index in [2.05, 4.69) is 17.4 Å². The second-order valence-corrected chi connectivity index (χ2v) is 9.16. The average molecular weight is 420 g/mol. The number of carbonyl (C=O) groups is 1. The Bertz CT molecular complexity index is 912. The van der Waals surface area contributed by atoms with Crippen LogP contribution in [0, 0.1) is 5.82 Å². The molecule has 0 saturated carbocycles. The topological polar surface area (TPSA) is 69.7 Å². The molecule has 1 atom stereocenters. The molecule has 0 spiro atoms. The Morgan fingerprint density at radius 1 is 1.03 bits per heavy atom. The maximum absolute atomic E-state index is 13.1. The molecule has 1 N–H and O–H groups in total. The van der Waals surface area contributed by atoms with Gasteiger partial charge >= 0.3 is 6.03 Å². The SMILES string of the molecule is CC(CCc1ccccc1)NC(=O)N1CCN(S(=O)(=O)c2ccc(F)cc2)CC1. The number of hydrogen-bond donors (Lipinski definition) is 1. The van der Waals surface area contributed by atoms with Gasteiger partial charge in [-0.1, -0.05) is 30.3 Å². The van der Waals surface area contributed by atoms with Crippen LogP contribution >= 0.6 is 0 Å². The number of urea groups is 1. The molecule has 2 aromatic carbocycles. The molecule has 1 aliphatic rings. The zero-order valence-electron chi connectivity index (χ0n) is 16.4. The number of benzene rings is 2. The normalized spacial score (nSPS) is 16.4. The summed E-state index contributed by atoms with van der Waals surface area (Å²) in [7, 11) is -3.68. The molecule has 0 aromatic heterocycles. The Kier molecular flexibility index (Phi) is 6.87. The van der Waals surface area contributed by atoms with Gasteiger partial charge in [-0.25, -0.2) is 17.6 Å². The Morgan fingerprint density at radius 3 is 2.28 bits per heavy atom. The predicted octanol–water partition coefficient (Wildman–Crippen LogP) is 2.86. The van der Waals surface area contributed by atoms with Crippen LogP contribution in [0.5, 0.6) is 0 Å². The Hall–Kier alpha value is -2.45. The van der Waals surface area contributed by atoms with Gasteiger partial charge in [-0.15, -0.1) is 0 Å². The van der Waals surface area contributed by atoms with Crippen LogP contribution in [-0.2, 0) is 16.4 Å². The van der Waals surface area contributed by atoms with Gasteiger partial charge in [-0.2, -0.15) is 4.31 Å². The minimum atomic E-state index is -3.68. The maximum Gasteiger partial charge on any atom is 0.317 e. The van der Waals surface area contributed by atoms with Crippen molar-refractivity contribution in [1.82, 2.24) is 14.5 Å². The van der Waals surface area contributed by atoms with Gasteiger partial charge < -0.3 is 10.2 Å². The van der Waals surface area contributed by atoms with Gasteiger partial charge in [-0.3, -0.25) is 0 Å². The smallest absolute Gasteiger partial charge is 0.317 e. The number of aryl methyl sites for hydroxylation is 1. The zero-order chi connectivity index (χ0) is 20.9. The molecule has 2 aromatic rings. The second-order valence-electron chi connectivity index (χ2n) is 7.22. The molecule has 1 unspecified atom stereocenters. The standard InChI is InChI=1S/C21H26FN3O3S/c1-17(7-8-18-5-3-2-4-6-18)23-21(26)24-13-15-25(16-14-24)29(27,28)20-11-9-19(22)10-12-20/h2-6,9-12,17H,7-8,13-16H2,1H3,(H,23,26). The lowest BCUT2D eigenvalue weighted by molar-refractivity contribution is 0.169. The monoisotopic (exact) mass is 419 g/mol. The highest BCUT2D eigenvalue weighted by Gasteiger charge is 2.30. The number of piperazine rings is 1. The van der Waals surface area contributed by atoms with Crippen molar-refractivity contribution in [2.24, 2.45) is 0 Å². The summed E-state index contributed by atoms with van der Waals surface area (Å²) in [5.74, 6) is -0.480. The van der Waals surface area contributed by atoms with Crippen molar-refractivity contribution in [1.29, 1.82) is 0 Å². The molecule has 2 amide bonds. The zero-order valence-corrected chi connectivity index (χ0v) is 17.2. The van der Waals surface area contributed by atoms with Crippen molar-refractivity contribution in [2.75, 3.05) is 26.2 Å². The molecule has 0 radical (unpaired) electrons. The van der Waals surface area contributed by atoms with Gasteiger partial charge in [0, 0.05) is 32.2 Å². The first kappa shape index (κ1) is 21.3. The summed E-state index contributed by atoms with van der Waals surface area (Å²) in [6.07, 6.45) is 1.71. The van der Waals surface area contributed by atoms with E-state index in [0.717, 1.165) is 25.0 Å². The molecular weight excluding hydrogens is 393 g/mol. The van der Waals surface area contributed by atoms with E-state index >= 15 is 0 Å². The van der Waals surface area contributed by atoms with Gasteiger partial charge in [0.05, 0.1) is 4.90 Å². The van der Waals surface area contributed by atoms with Crippen LogP contribution in [0.15, 0.2) is 59.5 Å². The molecule has 1 fully saturated rings. The van der Waals surface area contributed by atoms with Gasteiger partial charge in [0.2, 0.25) is 10.0 Å². The molecule has 3 rings (SSSR count). The van der Waals surface area contributed by atoms with Crippen LogP contribution in [0.2, 0.25) is 0 Å². The van der Waals surface area contributed by atoms with Crippen molar-refractivity contribution < 1.29 is 17.6 Å². The third-order valence-electron chi connectivity index (χ3n) is 5.06. The molecule has 8 heteroatoms. The minimum absolute atomic E-state index is 0.0173. The number of sulfonamides is 1. The second kappa shape index (κ2) is 9.37. The van der Waals surface area contributed by atoms with Crippen LogP contribution in [0.4, 0.5) is 9.18 Å². The van der Waals surface area contributed by atoms with Crippen LogP contribution < -0.4 is 5.32 Å². The van der Waals surface area contributed by atoms with Crippen molar-refractivity contribution >= 4 is 16.1 Å². The molecule has 0 aliphatic carbocycles. The quantitative estimate of drug-likeness (QED) is 0.783. The lowest BCUT2D eigenvalue weighted by Gasteiger charge is -2.34. The van der Waals surface area contributed by atoms with E-state index < -0.39 is 15.8 Å². The van der Waals surface area contributed by atoms with Crippen LogP contribution in [0.25, 0.3) is 0 Å². The van der Waals surface area contributed by atoms with Crippen molar-refractivity contribution in [3.8, 4) is 0 Å². The first-order chi connectivity index (χ1) is 13.9. The number of hydrogen-bond acceptors (Lipinski definition) is 3. The van der Waals surface area contributed by atoms with E-state index in [9.17, 15) is 17.6 Å². The minimum Gasteiger partial charge on any atom is -0.336 e. The van der Waals surface area contributed by atoms with Gasteiger partial charge in [0.1, 0.15) is 5.82 Å². The number of carbonyl (C=O) groups excluding carboxylic acids is 1. The summed E-state index contributed by atoms with van der Waals surface area (Å²) in [4.78, 5) is 14.2. The maximum atomic E-state index is 13.1. The van der Waals surface area contributed by atoms with Crippen molar-refractivity contribution in [3.63, 3.8) is 0 Å². The third-order valence-corrected chi connectivity index (χ3v) is 6.97. The summed E-state index contributed by atoms with van der Waals surface area (Å²) in [5, 5.41) is 2.99. The molecule has 1 saturated heterocycles. The predicted molar refractivity (Wildman–Crippen MR) is 109 cm³/mol. The fourth-order valence-electron chi connectivity index (χ4n) is 3.29. The van der Waals surface area contributed by atoms with E-state index in [4.69, 9.17) is 0 Å². The van der Waals surface area contributed by atoms with Crippen LogP contribution in [0.3, 0.4) is 0 Å². The lowest BCUT2D eigenvalue weighted by Crippen LogP contribution is -2.54. The number of rotatable bonds is 6. The van der Waals surface area contributed by atoms with E-state index in [1.165, 1.54) is 22.0 Å². The fraction of sp³-hybridized carbons (Fsp3) is 0.381. The van der Waals surface area contributed by atoms with Crippen molar-refractivity contribution in [3.05, 3.63) is 66.0 Å². The molecule has 6 nitrogen and oxygen atoms in total. The number of nitrogens with one attached hydrogen (secondary N) is 1. The molecule has 0 bridgehead atoms. The molecule has 156 valence electrons. The first-order valence-corrected chi connectivity index (χ1v) is 11.2. The summed E-state index contributed by atoms with van der Waals surface area (Å²) in [6, 6.07) is 14.7. The van der Waals surface area contributed by atoms with E-state index in [-0.39, 0.29) is 30.1 Å². The van der Waals surface area contributed by atoms with E-state index in [0.29, 0.717) is 13.1 Å². The highest BCUT2D eigenvalue weighted by atomic mass is 32.2. The Morgan fingerprint density at radius 2 is 1.66 bits per heavy atom. The van der Waals surface area contributed by atoms with Gasteiger partial charge in [0.15, 0.2) is 0 Å². The van der Waals surface area contributed by atoms with E-state index in [1.807, 2.05) is 25.1 Å². The highest BCUT2D eigenvalue weighted by Crippen LogP contribution is 2.18. The Balaban J connectivity index is 1.48. The summed E-state index contributed by atoms with van der Waals surface area (Å²) >= 11 is 0. The number of nitrogens with zero attached hydrogens (tertiary/aromatic N) is 2. The number of halogens is 1. The van der Waals surface area contributed by atoms with Crippen LogP contribution in [-0.4, -0.2) is 55.9 Å². The van der Waals surface area contributed by atoms with Gasteiger partial charge in [-0.05, 0) is 49.6 Å². The molecule has 1 aliphatic heterocycles. The summed E-state index contributed by atoms with van der Waals surface area (Å²) < 4.78 is 39.7. The van der Waals surface area contributed by atoms with Gasteiger partial charge in [0.25, 0.3) is 0 Å². The average Bonchev–Trinajstić information content (AvgIpc) is 2.73. The highest BCUT2D eigenvalue weighted by molar-refractivity contribution is 7.89. The summed E-state index contributed by atoms with van der Waals surface area (Å²) in [5.41, 5.74) is 1.23. The largest absolute Gasteiger partial charge is 0.336 e. The fourth-order valence-corrected chi connectivity index (χ4v) is 4.71. The van der Waals surface area contributed by atoms with Crippen LogP contribution in [0.1, 0.15) is 18.9 Å². The molecule has 1 heterocycles. The third kappa shape index (κ3) is 5.55.